The van der Waals surface area contributed by atoms with Crippen LogP contribution in [0.5, 0.6) is 0 Å². The summed E-state index contributed by atoms with van der Waals surface area (Å²) < 4.78 is 2.22. The van der Waals surface area contributed by atoms with E-state index in [0.717, 1.165) is 40.0 Å². The molecule has 0 saturated carbocycles. The fourth-order valence-electron chi connectivity index (χ4n) is 3.86. The summed E-state index contributed by atoms with van der Waals surface area (Å²) >= 11 is 11.9. The van der Waals surface area contributed by atoms with Crippen molar-refractivity contribution < 1.29 is 0 Å². The third-order valence-corrected chi connectivity index (χ3v) is 5.94. The first-order valence-corrected chi connectivity index (χ1v) is 10.3. The largest absolute Gasteiger partial charge is 0.352 e. The molecule has 0 aliphatic carbocycles. The average Bonchev–Trinajstić information content (AvgIpc) is 3.30. The molecule has 1 aliphatic rings. The topological polar surface area (TPSA) is 33.1 Å². The molecule has 1 saturated heterocycles. The van der Waals surface area contributed by atoms with Gasteiger partial charge in [0.2, 0.25) is 0 Å². The molecule has 1 fully saturated rings. The Morgan fingerprint density at radius 2 is 2.04 bits per heavy atom. The van der Waals surface area contributed by atoms with Crippen LogP contribution in [-0.2, 0) is 0 Å². The summed E-state index contributed by atoms with van der Waals surface area (Å²) in [5.74, 6) is 0. The molecule has 6 heteroatoms. The Kier molecular flexibility index (Phi) is 5.38. The number of aryl methyl sites for hydroxylation is 1. The SMILES string of the molecule is CCCN1C(=S)N[C@H](c2ccccn2)[C@@H]1c1cccn1-c1ccc(Cl)c(C)c1. The third kappa shape index (κ3) is 3.40. The van der Waals surface area contributed by atoms with E-state index >= 15 is 0 Å². The van der Waals surface area contributed by atoms with E-state index in [0.29, 0.717) is 0 Å². The Balaban J connectivity index is 1.81. The van der Waals surface area contributed by atoms with Crippen molar-refractivity contribution in [1.82, 2.24) is 19.8 Å². The number of nitrogens with zero attached hydrogens (tertiary/aromatic N) is 3. The van der Waals surface area contributed by atoms with Crippen molar-refractivity contribution in [1.29, 1.82) is 0 Å². The van der Waals surface area contributed by atoms with E-state index in [-0.39, 0.29) is 12.1 Å². The normalized spacial score (nSPS) is 19.1. The van der Waals surface area contributed by atoms with Crippen molar-refractivity contribution in [3.63, 3.8) is 0 Å². The number of rotatable bonds is 5. The van der Waals surface area contributed by atoms with Gasteiger partial charge < -0.3 is 14.8 Å². The smallest absolute Gasteiger partial charge is 0.170 e. The van der Waals surface area contributed by atoms with Gasteiger partial charge in [0.25, 0.3) is 0 Å². The van der Waals surface area contributed by atoms with E-state index in [9.17, 15) is 0 Å². The maximum atomic E-state index is 6.24. The lowest BCUT2D eigenvalue weighted by Crippen LogP contribution is -2.31. The summed E-state index contributed by atoms with van der Waals surface area (Å²) in [5, 5.41) is 5.06. The first kappa shape index (κ1) is 19.0. The van der Waals surface area contributed by atoms with Crippen LogP contribution in [0.2, 0.25) is 5.02 Å². The molecule has 144 valence electrons. The molecule has 1 N–H and O–H groups in total. The van der Waals surface area contributed by atoms with Gasteiger partial charge >= 0.3 is 0 Å². The van der Waals surface area contributed by atoms with Crippen LogP contribution >= 0.6 is 23.8 Å². The van der Waals surface area contributed by atoms with Crippen LogP contribution in [-0.4, -0.2) is 26.1 Å². The molecule has 3 aromatic rings. The van der Waals surface area contributed by atoms with Crippen LogP contribution < -0.4 is 5.32 Å². The first-order chi connectivity index (χ1) is 13.6. The predicted octanol–water partition coefficient (Wildman–Crippen LogP) is 5.22. The third-order valence-electron chi connectivity index (χ3n) is 5.17. The summed E-state index contributed by atoms with van der Waals surface area (Å²) in [4.78, 5) is 6.88. The molecule has 0 amide bonds. The molecule has 4 rings (SSSR count). The van der Waals surface area contributed by atoms with E-state index < -0.39 is 0 Å². The van der Waals surface area contributed by atoms with Crippen LogP contribution in [0.1, 0.15) is 42.4 Å². The Labute approximate surface area is 176 Å². The lowest BCUT2D eigenvalue weighted by molar-refractivity contribution is 0.309. The fraction of sp³-hybridized carbons (Fsp3) is 0.273. The van der Waals surface area contributed by atoms with Crippen molar-refractivity contribution in [3.8, 4) is 5.69 Å². The van der Waals surface area contributed by atoms with E-state index in [4.69, 9.17) is 23.8 Å². The monoisotopic (exact) mass is 410 g/mol. The van der Waals surface area contributed by atoms with Gasteiger partial charge in [-0.05, 0) is 73.6 Å². The van der Waals surface area contributed by atoms with E-state index in [1.165, 1.54) is 5.69 Å². The quantitative estimate of drug-likeness (QED) is 0.585. The second-order valence-electron chi connectivity index (χ2n) is 7.06. The Bertz CT molecular complexity index is 985. The van der Waals surface area contributed by atoms with Gasteiger partial charge in [0.15, 0.2) is 5.11 Å². The van der Waals surface area contributed by atoms with Crippen molar-refractivity contribution in [3.05, 3.63) is 82.9 Å². The first-order valence-electron chi connectivity index (χ1n) is 9.52. The molecule has 0 bridgehead atoms. The Hall–Kier alpha value is -2.37. The molecular formula is C22H23ClN4S. The van der Waals surface area contributed by atoms with Crippen LogP contribution in [0, 0.1) is 6.92 Å². The average molecular weight is 411 g/mol. The Morgan fingerprint density at radius 1 is 1.18 bits per heavy atom. The summed E-state index contributed by atoms with van der Waals surface area (Å²) in [6.45, 7) is 5.10. The van der Waals surface area contributed by atoms with Gasteiger partial charge in [-0.25, -0.2) is 0 Å². The highest BCUT2D eigenvalue weighted by molar-refractivity contribution is 7.80. The Morgan fingerprint density at radius 3 is 2.75 bits per heavy atom. The molecule has 2 aromatic heterocycles. The lowest BCUT2D eigenvalue weighted by Gasteiger charge is -2.28. The minimum absolute atomic E-state index is 0.00213. The number of pyridine rings is 1. The van der Waals surface area contributed by atoms with E-state index in [2.05, 4.69) is 63.2 Å². The van der Waals surface area contributed by atoms with Crippen LogP contribution in [0.25, 0.3) is 5.69 Å². The number of thiocarbonyl (C=S) groups is 1. The minimum atomic E-state index is 0.00213. The summed E-state index contributed by atoms with van der Waals surface area (Å²) in [6.07, 6.45) is 4.95. The summed E-state index contributed by atoms with van der Waals surface area (Å²) in [5.41, 5.74) is 4.33. The number of nitrogens with one attached hydrogen (secondary N) is 1. The number of halogens is 1. The molecule has 4 nitrogen and oxygen atoms in total. The van der Waals surface area contributed by atoms with Gasteiger partial charge in [-0.1, -0.05) is 24.6 Å². The molecule has 2 atom stereocenters. The molecule has 0 radical (unpaired) electrons. The van der Waals surface area contributed by atoms with Crippen LogP contribution in [0.3, 0.4) is 0 Å². The zero-order valence-electron chi connectivity index (χ0n) is 16.0. The zero-order valence-corrected chi connectivity index (χ0v) is 17.5. The number of aromatic nitrogens is 2. The van der Waals surface area contributed by atoms with Crippen molar-refractivity contribution in [2.75, 3.05) is 6.54 Å². The number of hydrogen-bond donors (Lipinski definition) is 1. The van der Waals surface area contributed by atoms with Crippen molar-refractivity contribution >= 4 is 28.9 Å². The highest BCUT2D eigenvalue weighted by Crippen LogP contribution is 2.39. The number of hydrogen-bond acceptors (Lipinski definition) is 2. The lowest BCUT2D eigenvalue weighted by atomic mass is 10.0. The van der Waals surface area contributed by atoms with E-state index in [1.807, 2.05) is 31.3 Å². The predicted molar refractivity (Wildman–Crippen MR) is 118 cm³/mol. The highest BCUT2D eigenvalue weighted by Gasteiger charge is 2.40. The second-order valence-corrected chi connectivity index (χ2v) is 7.85. The van der Waals surface area contributed by atoms with Crippen LogP contribution in [0.15, 0.2) is 60.9 Å². The molecule has 28 heavy (non-hydrogen) atoms. The highest BCUT2D eigenvalue weighted by atomic mass is 35.5. The fourth-order valence-corrected chi connectivity index (χ4v) is 4.31. The molecular weight excluding hydrogens is 388 g/mol. The van der Waals surface area contributed by atoms with E-state index in [1.54, 1.807) is 0 Å². The van der Waals surface area contributed by atoms with Gasteiger partial charge in [0.1, 0.15) is 0 Å². The summed E-state index contributed by atoms with van der Waals surface area (Å²) in [6, 6.07) is 16.5. The molecule has 3 heterocycles. The van der Waals surface area contributed by atoms with Gasteiger partial charge in [-0.2, -0.15) is 0 Å². The van der Waals surface area contributed by atoms with Crippen molar-refractivity contribution in [2.24, 2.45) is 0 Å². The van der Waals surface area contributed by atoms with Gasteiger partial charge in [-0.3, -0.25) is 4.98 Å². The second kappa shape index (κ2) is 7.94. The van der Waals surface area contributed by atoms with Gasteiger partial charge in [0, 0.05) is 35.3 Å². The number of benzene rings is 1. The zero-order chi connectivity index (χ0) is 19.7. The maximum Gasteiger partial charge on any atom is 0.170 e. The maximum absolute atomic E-state index is 6.24. The van der Waals surface area contributed by atoms with Gasteiger partial charge in [0.05, 0.1) is 17.8 Å². The minimum Gasteiger partial charge on any atom is -0.352 e. The molecule has 1 aliphatic heterocycles. The molecule has 0 spiro atoms. The van der Waals surface area contributed by atoms with Crippen LogP contribution in [0.4, 0.5) is 0 Å². The molecule has 0 unspecified atom stereocenters. The van der Waals surface area contributed by atoms with Gasteiger partial charge in [-0.15, -0.1) is 0 Å². The molecule has 1 aromatic carbocycles. The standard InChI is InChI=1S/C22H23ClN4S/c1-3-12-27-21(20(25-22(27)28)18-7-4-5-11-24-18)19-8-6-13-26(19)16-9-10-17(23)15(2)14-16/h4-11,13-14,20-21H,3,12H2,1-2H3,(H,25,28)/t20-,21+/m1/s1. The van der Waals surface area contributed by atoms with Crippen molar-refractivity contribution in [2.45, 2.75) is 32.4 Å². The summed E-state index contributed by atoms with van der Waals surface area (Å²) in [7, 11) is 0.